The molecule has 7 heteroatoms. The summed E-state index contributed by atoms with van der Waals surface area (Å²) in [5.41, 5.74) is 4.28. The van der Waals surface area contributed by atoms with Gasteiger partial charge in [0.25, 0.3) is 5.69 Å². The number of nitro benzene ring substituents is 1. The largest absolute Gasteiger partial charge is 0.363 e. The minimum atomic E-state index is -0.424. The van der Waals surface area contributed by atoms with Crippen molar-refractivity contribution in [1.29, 1.82) is 0 Å². The van der Waals surface area contributed by atoms with E-state index in [-0.39, 0.29) is 11.7 Å². The summed E-state index contributed by atoms with van der Waals surface area (Å²) in [6.07, 6.45) is 2.09. The Bertz CT molecular complexity index is 772. The molecule has 122 valence electrons. The molecule has 0 radical (unpaired) electrons. The fourth-order valence-corrected chi connectivity index (χ4v) is 3.75. The van der Waals surface area contributed by atoms with E-state index in [1.165, 1.54) is 17.7 Å². The van der Waals surface area contributed by atoms with Crippen LogP contribution in [-0.2, 0) is 7.05 Å². The Morgan fingerprint density at radius 2 is 2.13 bits per heavy atom. The standard InChI is InChI=1S/C16H19ClN4O2/c1-10-16(11(2)19(3)18-10)15-5-4-8-20(15)14-7-6-12(21(22)23)9-13(14)17/h6-7,9,15H,4-5,8H2,1-3H3. The van der Waals surface area contributed by atoms with Crippen LogP contribution in [0.5, 0.6) is 0 Å². The fraction of sp³-hybridized carbons (Fsp3) is 0.438. The molecule has 3 rings (SSSR count). The molecule has 1 aliphatic rings. The maximum atomic E-state index is 10.9. The lowest BCUT2D eigenvalue weighted by atomic mass is 10.0. The zero-order chi connectivity index (χ0) is 16.7. The van der Waals surface area contributed by atoms with E-state index < -0.39 is 4.92 Å². The molecule has 23 heavy (non-hydrogen) atoms. The lowest BCUT2D eigenvalue weighted by molar-refractivity contribution is -0.384. The predicted molar refractivity (Wildman–Crippen MR) is 90.1 cm³/mol. The van der Waals surface area contributed by atoms with Crippen molar-refractivity contribution in [2.75, 3.05) is 11.4 Å². The predicted octanol–water partition coefficient (Wildman–Crippen LogP) is 3.94. The molecule has 1 aliphatic heterocycles. The molecule has 2 heterocycles. The average molecular weight is 335 g/mol. The molecule has 1 atom stereocenters. The maximum absolute atomic E-state index is 10.9. The van der Waals surface area contributed by atoms with Crippen LogP contribution in [0, 0.1) is 24.0 Å². The van der Waals surface area contributed by atoms with Crippen molar-refractivity contribution in [3.63, 3.8) is 0 Å². The first-order valence-electron chi connectivity index (χ1n) is 7.61. The first kappa shape index (κ1) is 15.8. The molecule has 0 saturated carbocycles. The Hall–Kier alpha value is -2.08. The summed E-state index contributed by atoms with van der Waals surface area (Å²) in [7, 11) is 1.95. The van der Waals surface area contributed by atoms with Crippen LogP contribution in [0.1, 0.15) is 35.8 Å². The number of anilines is 1. The van der Waals surface area contributed by atoms with E-state index >= 15 is 0 Å². The number of benzene rings is 1. The van der Waals surface area contributed by atoms with Gasteiger partial charge in [-0.2, -0.15) is 5.10 Å². The SMILES string of the molecule is Cc1nn(C)c(C)c1C1CCCN1c1ccc([N+](=O)[O-])cc1Cl. The Balaban J connectivity index is 2.01. The van der Waals surface area contributed by atoms with Gasteiger partial charge in [-0.3, -0.25) is 14.8 Å². The van der Waals surface area contributed by atoms with E-state index in [0.29, 0.717) is 5.02 Å². The van der Waals surface area contributed by atoms with E-state index in [1.807, 2.05) is 18.7 Å². The highest BCUT2D eigenvalue weighted by atomic mass is 35.5. The summed E-state index contributed by atoms with van der Waals surface area (Å²) in [6, 6.07) is 4.90. The summed E-state index contributed by atoms with van der Waals surface area (Å²) in [4.78, 5) is 12.7. The summed E-state index contributed by atoms with van der Waals surface area (Å²) in [6.45, 7) is 4.98. The minimum Gasteiger partial charge on any atom is -0.363 e. The number of non-ortho nitro benzene ring substituents is 1. The van der Waals surface area contributed by atoms with Crippen LogP contribution in [0.4, 0.5) is 11.4 Å². The molecule has 0 N–H and O–H groups in total. The molecule has 1 unspecified atom stereocenters. The van der Waals surface area contributed by atoms with Gasteiger partial charge in [0.2, 0.25) is 0 Å². The minimum absolute atomic E-state index is 0.0169. The van der Waals surface area contributed by atoms with Crippen LogP contribution in [0.15, 0.2) is 18.2 Å². The van der Waals surface area contributed by atoms with Crippen molar-refractivity contribution in [3.05, 3.63) is 50.3 Å². The first-order chi connectivity index (χ1) is 10.9. The molecule has 1 fully saturated rings. The molecule has 1 aromatic heterocycles. The highest BCUT2D eigenvalue weighted by Gasteiger charge is 2.31. The van der Waals surface area contributed by atoms with Gasteiger partial charge in [-0.1, -0.05) is 11.6 Å². The molecule has 1 aromatic carbocycles. The van der Waals surface area contributed by atoms with E-state index in [1.54, 1.807) is 6.07 Å². The van der Waals surface area contributed by atoms with Crippen molar-refractivity contribution in [3.8, 4) is 0 Å². The second-order valence-corrected chi connectivity index (χ2v) is 6.36. The van der Waals surface area contributed by atoms with Gasteiger partial charge < -0.3 is 4.90 Å². The van der Waals surface area contributed by atoms with Gasteiger partial charge in [-0.15, -0.1) is 0 Å². The number of aromatic nitrogens is 2. The van der Waals surface area contributed by atoms with Crippen LogP contribution in [0.2, 0.25) is 5.02 Å². The van der Waals surface area contributed by atoms with E-state index in [9.17, 15) is 10.1 Å². The van der Waals surface area contributed by atoms with E-state index in [2.05, 4.69) is 16.9 Å². The van der Waals surface area contributed by atoms with Gasteiger partial charge in [0.05, 0.1) is 27.4 Å². The number of nitro groups is 1. The van der Waals surface area contributed by atoms with E-state index in [0.717, 1.165) is 36.5 Å². The van der Waals surface area contributed by atoms with Gasteiger partial charge in [0.15, 0.2) is 0 Å². The molecule has 0 spiro atoms. The number of halogens is 1. The van der Waals surface area contributed by atoms with Gasteiger partial charge in [-0.05, 0) is 32.8 Å². The third kappa shape index (κ3) is 2.67. The van der Waals surface area contributed by atoms with Crippen LogP contribution in [0.25, 0.3) is 0 Å². The molecule has 1 saturated heterocycles. The normalized spacial score (nSPS) is 17.7. The van der Waals surface area contributed by atoms with Crippen molar-refractivity contribution in [2.45, 2.75) is 32.7 Å². The lowest BCUT2D eigenvalue weighted by Gasteiger charge is -2.28. The number of hydrogen-bond donors (Lipinski definition) is 0. The first-order valence-corrected chi connectivity index (χ1v) is 7.98. The van der Waals surface area contributed by atoms with Crippen molar-refractivity contribution >= 4 is 23.0 Å². The number of aryl methyl sites for hydroxylation is 2. The molecule has 6 nitrogen and oxygen atoms in total. The Morgan fingerprint density at radius 3 is 2.70 bits per heavy atom. The second kappa shape index (κ2) is 5.85. The van der Waals surface area contributed by atoms with Crippen molar-refractivity contribution in [2.24, 2.45) is 7.05 Å². The topological polar surface area (TPSA) is 64.2 Å². The maximum Gasteiger partial charge on any atom is 0.271 e. The van der Waals surface area contributed by atoms with Gasteiger partial charge in [0, 0.05) is 37.0 Å². The molecular formula is C16H19ClN4O2. The third-order valence-corrected chi connectivity index (χ3v) is 4.91. The molecule has 0 amide bonds. The molecular weight excluding hydrogens is 316 g/mol. The molecule has 0 aliphatic carbocycles. The zero-order valence-corrected chi connectivity index (χ0v) is 14.2. The van der Waals surface area contributed by atoms with Crippen molar-refractivity contribution in [1.82, 2.24) is 9.78 Å². The van der Waals surface area contributed by atoms with E-state index in [4.69, 9.17) is 11.6 Å². The number of hydrogen-bond acceptors (Lipinski definition) is 4. The van der Waals surface area contributed by atoms with Crippen LogP contribution in [0.3, 0.4) is 0 Å². The van der Waals surface area contributed by atoms with Crippen molar-refractivity contribution < 1.29 is 4.92 Å². The lowest BCUT2D eigenvalue weighted by Crippen LogP contribution is -2.23. The monoisotopic (exact) mass is 334 g/mol. The summed E-state index contributed by atoms with van der Waals surface area (Å²) in [5, 5.41) is 15.8. The average Bonchev–Trinajstić information content (AvgIpc) is 3.04. The smallest absolute Gasteiger partial charge is 0.271 e. The zero-order valence-electron chi connectivity index (χ0n) is 13.4. The van der Waals surface area contributed by atoms with Gasteiger partial charge in [-0.25, -0.2) is 0 Å². The molecule has 0 bridgehead atoms. The Labute approximate surface area is 139 Å². The Kier molecular flexibility index (Phi) is 4.02. The highest BCUT2D eigenvalue weighted by molar-refractivity contribution is 6.33. The van der Waals surface area contributed by atoms with Crippen LogP contribution in [-0.4, -0.2) is 21.2 Å². The number of rotatable bonds is 3. The highest BCUT2D eigenvalue weighted by Crippen LogP contribution is 2.42. The quantitative estimate of drug-likeness (QED) is 0.630. The summed E-state index contributed by atoms with van der Waals surface area (Å²) in [5.74, 6) is 0. The number of nitrogens with zero attached hydrogens (tertiary/aromatic N) is 4. The van der Waals surface area contributed by atoms with Gasteiger partial charge >= 0.3 is 0 Å². The summed E-state index contributed by atoms with van der Waals surface area (Å²) < 4.78 is 1.90. The van der Waals surface area contributed by atoms with Crippen LogP contribution >= 0.6 is 11.6 Å². The third-order valence-electron chi connectivity index (χ3n) is 4.60. The Morgan fingerprint density at radius 1 is 1.39 bits per heavy atom. The fourth-order valence-electron chi connectivity index (χ4n) is 3.47. The van der Waals surface area contributed by atoms with Crippen LogP contribution < -0.4 is 4.90 Å². The summed E-state index contributed by atoms with van der Waals surface area (Å²) >= 11 is 6.32. The second-order valence-electron chi connectivity index (χ2n) is 5.95. The molecule has 2 aromatic rings. The van der Waals surface area contributed by atoms with Gasteiger partial charge in [0.1, 0.15) is 0 Å².